The van der Waals surface area contributed by atoms with Gasteiger partial charge in [-0.2, -0.15) is 0 Å². The summed E-state index contributed by atoms with van der Waals surface area (Å²) in [6, 6.07) is 3.98. The lowest BCUT2D eigenvalue weighted by Gasteiger charge is -2.07. The fraction of sp³-hybridized carbons (Fsp3) is 0.364. The van der Waals surface area contributed by atoms with E-state index in [1.165, 1.54) is 0 Å². The summed E-state index contributed by atoms with van der Waals surface area (Å²) in [6.07, 6.45) is 3.67. The predicted octanol–water partition coefficient (Wildman–Crippen LogP) is 2.60. The Kier molecular flexibility index (Phi) is 2.39. The minimum absolute atomic E-state index is 0.516. The number of ether oxygens (including phenoxy) is 1. The molecule has 2 aromatic heterocycles. The highest BCUT2D eigenvalue weighted by Crippen LogP contribution is 2.21. The first-order valence-corrected chi connectivity index (χ1v) is 4.82. The van der Waals surface area contributed by atoms with Gasteiger partial charge in [-0.1, -0.05) is 13.8 Å². The van der Waals surface area contributed by atoms with Crippen molar-refractivity contribution in [3.05, 3.63) is 24.5 Å². The maximum Gasteiger partial charge on any atom is 0.238 e. The highest BCUT2D eigenvalue weighted by atomic mass is 16.5. The van der Waals surface area contributed by atoms with Crippen LogP contribution >= 0.6 is 0 Å². The van der Waals surface area contributed by atoms with E-state index in [0.717, 1.165) is 10.9 Å². The molecule has 0 spiro atoms. The van der Waals surface area contributed by atoms with Crippen molar-refractivity contribution >= 4 is 10.9 Å². The number of hydrogen-bond donors (Lipinski definition) is 1. The van der Waals surface area contributed by atoms with Crippen LogP contribution in [0.2, 0.25) is 0 Å². The van der Waals surface area contributed by atoms with Crippen molar-refractivity contribution in [2.24, 2.45) is 5.92 Å². The van der Waals surface area contributed by atoms with Crippen molar-refractivity contribution in [1.29, 1.82) is 0 Å². The molecule has 0 aromatic carbocycles. The number of nitrogens with zero attached hydrogens (tertiary/aromatic N) is 1. The molecule has 0 saturated carbocycles. The summed E-state index contributed by atoms with van der Waals surface area (Å²) in [5.41, 5.74) is 0.980. The molecule has 0 bridgehead atoms. The van der Waals surface area contributed by atoms with Crippen molar-refractivity contribution < 1.29 is 4.74 Å². The van der Waals surface area contributed by atoms with Gasteiger partial charge in [-0.25, -0.2) is 4.98 Å². The summed E-state index contributed by atoms with van der Waals surface area (Å²) in [5.74, 6) is 1.21. The van der Waals surface area contributed by atoms with E-state index >= 15 is 0 Å². The summed E-state index contributed by atoms with van der Waals surface area (Å²) in [6.45, 7) is 4.94. The van der Waals surface area contributed by atoms with E-state index in [9.17, 15) is 0 Å². The first-order valence-electron chi connectivity index (χ1n) is 4.82. The molecule has 74 valence electrons. The van der Waals surface area contributed by atoms with Gasteiger partial charge in [-0.05, 0) is 18.1 Å². The molecule has 2 rings (SSSR count). The quantitative estimate of drug-likeness (QED) is 0.807. The molecule has 3 nitrogen and oxygen atoms in total. The molecular formula is C11H14N2O. The van der Waals surface area contributed by atoms with E-state index in [1.807, 2.05) is 18.3 Å². The average Bonchev–Trinajstić information content (AvgIpc) is 2.62. The molecule has 2 aromatic rings. The number of rotatable bonds is 3. The number of aromatic amines is 1. The second kappa shape index (κ2) is 3.70. The molecular weight excluding hydrogens is 176 g/mol. The molecule has 14 heavy (non-hydrogen) atoms. The number of nitrogens with one attached hydrogen (secondary N) is 1. The molecule has 0 unspecified atom stereocenters. The Balaban J connectivity index is 2.27. The van der Waals surface area contributed by atoms with Crippen LogP contribution in [0.1, 0.15) is 13.8 Å². The van der Waals surface area contributed by atoms with E-state index in [-0.39, 0.29) is 0 Å². The van der Waals surface area contributed by atoms with Gasteiger partial charge in [0.2, 0.25) is 5.88 Å². The van der Waals surface area contributed by atoms with Gasteiger partial charge in [0.15, 0.2) is 0 Å². The molecule has 0 aliphatic rings. The largest absolute Gasteiger partial charge is 0.476 e. The van der Waals surface area contributed by atoms with Crippen LogP contribution in [-0.4, -0.2) is 16.6 Å². The summed E-state index contributed by atoms with van der Waals surface area (Å²) in [7, 11) is 0. The molecule has 0 fully saturated rings. The van der Waals surface area contributed by atoms with Gasteiger partial charge in [0.1, 0.15) is 5.52 Å². The minimum atomic E-state index is 0.516. The van der Waals surface area contributed by atoms with Crippen LogP contribution in [0.4, 0.5) is 0 Å². The predicted molar refractivity (Wildman–Crippen MR) is 56.4 cm³/mol. The Morgan fingerprint density at radius 3 is 3.07 bits per heavy atom. The fourth-order valence-electron chi connectivity index (χ4n) is 1.31. The smallest absolute Gasteiger partial charge is 0.238 e. The molecule has 0 aliphatic heterocycles. The molecule has 1 N–H and O–H groups in total. The monoisotopic (exact) mass is 190 g/mol. The van der Waals surface area contributed by atoms with Gasteiger partial charge in [0.05, 0.1) is 6.61 Å². The Labute approximate surface area is 83.1 Å². The van der Waals surface area contributed by atoms with E-state index in [0.29, 0.717) is 18.4 Å². The third-order valence-electron chi connectivity index (χ3n) is 1.99. The first-order chi connectivity index (χ1) is 6.77. The molecule has 0 radical (unpaired) electrons. The highest BCUT2D eigenvalue weighted by molar-refractivity contribution is 5.83. The zero-order valence-corrected chi connectivity index (χ0v) is 8.45. The third kappa shape index (κ3) is 1.71. The third-order valence-corrected chi connectivity index (χ3v) is 1.99. The maximum atomic E-state index is 5.60. The number of hydrogen-bond acceptors (Lipinski definition) is 2. The Morgan fingerprint density at radius 1 is 1.43 bits per heavy atom. The molecule has 3 heteroatoms. The van der Waals surface area contributed by atoms with Crippen LogP contribution in [0.5, 0.6) is 5.88 Å². The topological polar surface area (TPSA) is 37.9 Å². The lowest BCUT2D eigenvalue weighted by Crippen LogP contribution is -2.05. The van der Waals surface area contributed by atoms with Crippen molar-refractivity contribution in [2.45, 2.75) is 13.8 Å². The van der Waals surface area contributed by atoms with E-state index < -0.39 is 0 Å². The lowest BCUT2D eigenvalue weighted by molar-refractivity contribution is 0.264. The summed E-state index contributed by atoms with van der Waals surface area (Å²) < 4.78 is 5.60. The van der Waals surface area contributed by atoms with Crippen LogP contribution in [0, 0.1) is 5.92 Å². The molecule has 2 heterocycles. The van der Waals surface area contributed by atoms with Crippen LogP contribution in [0.25, 0.3) is 10.9 Å². The zero-order chi connectivity index (χ0) is 9.97. The van der Waals surface area contributed by atoms with Crippen molar-refractivity contribution in [1.82, 2.24) is 9.97 Å². The van der Waals surface area contributed by atoms with E-state index in [4.69, 9.17) is 4.74 Å². The molecule has 0 amide bonds. The van der Waals surface area contributed by atoms with E-state index in [1.54, 1.807) is 6.20 Å². The van der Waals surface area contributed by atoms with Gasteiger partial charge < -0.3 is 9.72 Å². The second-order valence-corrected chi connectivity index (χ2v) is 3.76. The molecule has 0 atom stereocenters. The van der Waals surface area contributed by atoms with Gasteiger partial charge in [0.25, 0.3) is 0 Å². The van der Waals surface area contributed by atoms with Gasteiger partial charge in [0, 0.05) is 17.8 Å². The van der Waals surface area contributed by atoms with Gasteiger partial charge >= 0.3 is 0 Å². The van der Waals surface area contributed by atoms with Crippen molar-refractivity contribution in [3.8, 4) is 5.88 Å². The Bertz CT molecular complexity index is 420. The minimum Gasteiger partial charge on any atom is -0.476 e. The average molecular weight is 190 g/mol. The van der Waals surface area contributed by atoms with Crippen LogP contribution < -0.4 is 4.74 Å². The van der Waals surface area contributed by atoms with Crippen molar-refractivity contribution in [2.75, 3.05) is 6.61 Å². The fourth-order valence-corrected chi connectivity index (χ4v) is 1.31. The van der Waals surface area contributed by atoms with Crippen molar-refractivity contribution in [3.63, 3.8) is 0 Å². The SMILES string of the molecule is CC(C)COc1nccc2cc[nH]c12. The summed E-state index contributed by atoms with van der Waals surface area (Å²) >= 11 is 0. The van der Waals surface area contributed by atoms with Crippen LogP contribution in [0.15, 0.2) is 24.5 Å². The van der Waals surface area contributed by atoms with Crippen LogP contribution in [-0.2, 0) is 0 Å². The molecule has 0 saturated heterocycles. The van der Waals surface area contributed by atoms with Gasteiger partial charge in [-0.3, -0.25) is 0 Å². The number of H-pyrrole nitrogens is 1. The first kappa shape index (κ1) is 9.06. The second-order valence-electron chi connectivity index (χ2n) is 3.76. The lowest BCUT2D eigenvalue weighted by atomic mass is 10.2. The standard InChI is InChI=1S/C11H14N2O/c1-8(2)7-14-11-10-9(3-5-12-10)4-6-13-11/h3-6,8,12H,7H2,1-2H3. The summed E-state index contributed by atoms with van der Waals surface area (Å²) in [5, 5.41) is 1.14. The zero-order valence-electron chi connectivity index (χ0n) is 8.45. The Morgan fingerprint density at radius 2 is 2.29 bits per heavy atom. The summed E-state index contributed by atoms with van der Waals surface area (Å²) in [4.78, 5) is 7.32. The maximum absolute atomic E-state index is 5.60. The molecule has 0 aliphatic carbocycles. The van der Waals surface area contributed by atoms with Crippen LogP contribution in [0.3, 0.4) is 0 Å². The van der Waals surface area contributed by atoms with Gasteiger partial charge in [-0.15, -0.1) is 0 Å². The normalized spacial score (nSPS) is 11.1. The highest BCUT2D eigenvalue weighted by Gasteiger charge is 2.04. The number of pyridine rings is 1. The Hall–Kier alpha value is -1.51. The number of fused-ring (bicyclic) bond motifs is 1. The number of aromatic nitrogens is 2. The van der Waals surface area contributed by atoms with E-state index in [2.05, 4.69) is 23.8 Å².